The standard InChI is InChI=1S/C13H10N2OS/c1-15-10-6-3-2-5-9(10)12(14-13(15)16)11-7-4-8-17-11/h2-8H,1H3. The third-order valence-corrected chi connectivity index (χ3v) is 3.65. The molecule has 0 radical (unpaired) electrons. The van der Waals surface area contributed by atoms with Crippen LogP contribution in [-0.2, 0) is 7.05 Å². The first-order valence-electron chi connectivity index (χ1n) is 5.27. The van der Waals surface area contributed by atoms with Gasteiger partial charge in [0.2, 0.25) is 0 Å². The first-order chi connectivity index (χ1) is 8.27. The van der Waals surface area contributed by atoms with Crippen molar-refractivity contribution in [3.8, 4) is 10.6 Å². The smallest absolute Gasteiger partial charge is 0.295 e. The highest BCUT2D eigenvalue weighted by molar-refractivity contribution is 7.13. The van der Waals surface area contributed by atoms with Crippen LogP contribution in [-0.4, -0.2) is 9.55 Å². The molecule has 0 aliphatic rings. The van der Waals surface area contributed by atoms with Crippen molar-refractivity contribution in [1.29, 1.82) is 0 Å². The summed E-state index contributed by atoms with van der Waals surface area (Å²) in [6, 6.07) is 11.8. The first kappa shape index (κ1) is 10.2. The topological polar surface area (TPSA) is 34.9 Å². The zero-order chi connectivity index (χ0) is 11.8. The van der Waals surface area contributed by atoms with Crippen LogP contribution in [0.2, 0.25) is 0 Å². The van der Waals surface area contributed by atoms with Gasteiger partial charge in [0, 0.05) is 12.4 Å². The molecule has 0 aliphatic carbocycles. The Morgan fingerprint density at radius 2 is 2.00 bits per heavy atom. The zero-order valence-electron chi connectivity index (χ0n) is 9.25. The minimum Gasteiger partial charge on any atom is -0.295 e. The fourth-order valence-corrected chi connectivity index (χ4v) is 2.63. The molecule has 84 valence electrons. The molecule has 0 unspecified atom stereocenters. The van der Waals surface area contributed by atoms with E-state index in [9.17, 15) is 4.79 Å². The Bertz CT molecular complexity index is 729. The van der Waals surface area contributed by atoms with Crippen LogP contribution in [0, 0.1) is 0 Å². The molecule has 0 amide bonds. The van der Waals surface area contributed by atoms with Crippen LogP contribution in [0.3, 0.4) is 0 Å². The van der Waals surface area contributed by atoms with Crippen LogP contribution in [0.25, 0.3) is 21.5 Å². The summed E-state index contributed by atoms with van der Waals surface area (Å²) in [6.07, 6.45) is 0. The Morgan fingerprint density at radius 3 is 2.76 bits per heavy atom. The van der Waals surface area contributed by atoms with Gasteiger partial charge in [0.25, 0.3) is 0 Å². The minimum atomic E-state index is -0.216. The van der Waals surface area contributed by atoms with Gasteiger partial charge in [0.05, 0.1) is 16.1 Å². The summed E-state index contributed by atoms with van der Waals surface area (Å²) < 4.78 is 1.58. The quantitative estimate of drug-likeness (QED) is 0.657. The van der Waals surface area contributed by atoms with Crippen LogP contribution in [0.1, 0.15) is 0 Å². The Labute approximate surface area is 102 Å². The molecule has 0 fully saturated rings. The van der Waals surface area contributed by atoms with Crippen molar-refractivity contribution in [3.05, 3.63) is 52.3 Å². The van der Waals surface area contributed by atoms with E-state index in [-0.39, 0.29) is 5.69 Å². The summed E-state index contributed by atoms with van der Waals surface area (Å²) in [5.41, 5.74) is 1.47. The maximum atomic E-state index is 11.8. The number of fused-ring (bicyclic) bond motifs is 1. The second-order valence-electron chi connectivity index (χ2n) is 3.80. The fourth-order valence-electron chi connectivity index (χ4n) is 1.90. The predicted molar refractivity (Wildman–Crippen MR) is 70.3 cm³/mol. The van der Waals surface area contributed by atoms with E-state index in [2.05, 4.69) is 4.98 Å². The van der Waals surface area contributed by atoms with E-state index in [0.717, 1.165) is 21.5 Å². The Hall–Kier alpha value is -1.94. The average Bonchev–Trinajstić information content (AvgIpc) is 2.87. The number of hydrogen-bond acceptors (Lipinski definition) is 3. The molecule has 4 heteroatoms. The summed E-state index contributed by atoms with van der Waals surface area (Å²) in [4.78, 5) is 17.0. The maximum absolute atomic E-state index is 11.8. The second-order valence-corrected chi connectivity index (χ2v) is 4.74. The van der Waals surface area contributed by atoms with Crippen LogP contribution in [0.4, 0.5) is 0 Å². The van der Waals surface area contributed by atoms with Crippen molar-refractivity contribution in [2.75, 3.05) is 0 Å². The number of aromatic nitrogens is 2. The van der Waals surface area contributed by atoms with Gasteiger partial charge in [-0.05, 0) is 17.5 Å². The van der Waals surface area contributed by atoms with Crippen molar-refractivity contribution in [3.63, 3.8) is 0 Å². The molecular weight excluding hydrogens is 232 g/mol. The normalized spacial score (nSPS) is 10.9. The Kier molecular flexibility index (Phi) is 2.30. The van der Waals surface area contributed by atoms with Gasteiger partial charge in [-0.1, -0.05) is 24.3 Å². The lowest BCUT2D eigenvalue weighted by Gasteiger charge is -2.07. The molecule has 0 saturated heterocycles. The van der Waals surface area contributed by atoms with Gasteiger partial charge in [-0.3, -0.25) is 4.57 Å². The minimum absolute atomic E-state index is 0.216. The lowest BCUT2D eigenvalue weighted by Crippen LogP contribution is -2.20. The zero-order valence-corrected chi connectivity index (χ0v) is 10.1. The number of thiophene rings is 1. The number of aryl methyl sites for hydroxylation is 1. The molecule has 17 heavy (non-hydrogen) atoms. The SMILES string of the molecule is Cn1c(=O)nc(-c2cccs2)c2ccccc21. The molecule has 3 aromatic rings. The molecule has 3 nitrogen and oxygen atoms in total. The molecule has 0 bridgehead atoms. The van der Waals surface area contributed by atoms with Gasteiger partial charge in [0.1, 0.15) is 0 Å². The van der Waals surface area contributed by atoms with E-state index in [1.165, 1.54) is 0 Å². The molecule has 2 heterocycles. The molecule has 1 aromatic carbocycles. The summed E-state index contributed by atoms with van der Waals surface area (Å²) >= 11 is 1.59. The van der Waals surface area contributed by atoms with Gasteiger partial charge in [-0.2, -0.15) is 4.98 Å². The van der Waals surface area contributed by atoms with Crippen LogP contribution < -0.4 is 5.69 Å². The summed E-state index contributed by atoms with van der Waals surface area (Å²) in [5, 5.41) is 3.00. The lowest BCUT2D eigenvalue weighted by molar-refractivity contribution is 0.855. The number of para-hydroxylation sites is 1. The van der Waals surface area contributed by atoms with Gasteiger partial charge < -0.3 is 0 Å². The van der Waals surface area contributed by atoms with Crippen molar-refractivity contribution >= 4 is 22.2 Å². The number of rotatable bonds is 1. The predicted octanol–water partition coefficient (Wildman–Crippen LogP) is 2.66. The molecule has 0 N–H and O–H groups in total. The van der Waals surface area contributed by atoms with Gasteiger partial charge >= 0.3 is 5.69 Å². The average molecular weight is 242 g/mol. The summed E-state index contributed by atoms with van der Waals surface area (Å²) in [7, 11) is 1.75. The highest BCUT2D eigenvalue weighted by Crippen LogP contribution is 2.28. The number of nitrogens with zero attached hydrogens (tertiary/aromatic N) is 2. The van der Waals surface area contributed by atoms with Gasteiger partial charge in [-0.25, -0.2) is 4.79 Å². The Morgan fingerprint density at radius 1 is 1.18 bits per heavy atom. The molecule has 3 rings (SSSR count). The molecular formula is C13H10N2OS. The van der Waals surface area contributed by atoms with E-state index >= 15 is 0 Å². The van der Waals surface area contributed by atoms with E-state index in [0.29, 0.717) is 0 Å². The fraction of sp³-hybridized carbons (Fsp3) is 0.0769. The van der Waals surface area contributed by atoms with E-state index in [4.69, 9.17) is 0 Å². The second kappa shape index (κ2) is 3.82. The van der Waals surface area contributed by atoms with Crippen molar-refractivity contribution in [2.24, 2.45) is 7.05 Å². The molecule has 0 spiro atoms. The monoisotopic (exact) mass is 242 g/mol. The molecule has 0 atom stereocenters. The summed E-state index contributed by atoms with van der Waals surface area (Å²) in [6.45, 7) is 0. The van der Waals surface area contributed by atoms with E-state index in [1.807, 2.05) is 41.8 Å². The number of hydrogen-bond donors (Lipinski definition) is 0. The third kappa shape index (κ3) is 1.57. The first-order valence-corrected chi connectivity index (χ1v) is 6.15. The van der Waals surface area contributed by atoms with Crippen LogP contribution in [0.15, 0.2) is 46.6 Å². The largest absolute Gasteiger partial charge is 0.348 e. The molecule has 0 aliphatic heterocycles. The lowest BCUT2D eigenvalue weighted by atomic mass is 10.1. The highest BCUT2D eigenvalue weighted by atomic mass is 32.1. The van der Waals surface area contributed by atoms with E-state index in [1.54, 1.807) is 23.0 Å². The van der Waals surface area contributed by atoms with Crippen LogP contribution in [0.5, 0.6) is 0 Å². The van der Waals surface area contributed by atoms with E-state index < -0.39 is 0 Å². The van der Waals surface area contributed by atoms with Crippen molar-refractivity contribution in [2.45, 2.75) is 0 Å². The Balaban J connectivity index is 2.48. The highest BCUT2D eigenvalue weighted by Gasteiger charge is 2.09. The summed E-state index contributed by atoms with van der Waals surface area (Å²) in [5.74, 6) is 0. The van der Waals surface area contributed by atoms with Gasteiger partial charge in [-0.15, -0.1) is 11.3 Å². The van der Waals surface area contributed by atoms with Gasteiger partial charge in [0.15, 0.2) is 0 Å². The third-order valence-electron chi connectivity index (χ3n) is 2.77. The molecule has 0 saturated carbocycles. The molecule has 2 aromatic heterocycles. The van der Waals surface area contributed by atoms with Crippen molar-refractivity contribution < 1.29 is 0 Å². The maximum Gasteiger partial charge on any atom is 0.348 e. The van der Waals surface area contributed by atoms with Crippen molar-refractivity contribution in [1.82, 2.24) is 9.55 Å². The van der Waals surface area contributed by atoms with Crippen LogP contribution >= 0.6 is 11.3 Å². The number of benzene rings is 1.